The minimum absolute atomic E-state index is 0.805. The van der Waals surface area contributed by atoms with Crippen LogP contribution in [0, 0.1) is 0 Å². The topological polar surface area (TPSA) is 3.24 Å². The van der Waals surface area contributed by atoms with E-state index in [1.165, 1.54) is 49.4 Å². The number of benzene rings is 6. The first kappa shape index (κ1) is 22.8. The summed E-state index contributed by atoms with van der Waals surface area (Å²) < 4.78 is 0. The summed E-state index contributed by atoms with van der Waals surface area (Å²) in [6.07, 6.45) is 0. The van der Waals surface area contributed by atoms with E-state index in [9.17, 15) is 0 Å². The number of hydrogen-bond donors (Lipinski definition) is 0. The zero-order chi connectivity index (χ0) is 25.2. The van der Waals surface area contributed by atoms with Crippen LogP contribution in [0.25, 0.3) is 49.5 Å². The van der Waals surface area contributed by atoms with Crippen molar-refractivity contribution < 1.29 is 0 Å². The molecule has 6 aromatic rings. The lowest BCUT2D eigenvalue weighted by Crippen LogP contribution is -2.15. The van der Waals surface area contributed by atoms with Crippen molar-refractivity contribution in [3.8, 4) is 22.3 Å². The fourth-order valence-electron chi connectivity index (χ4n) is 5.18. The second-order valence-corrected chi connectivity index (χ2v) is 9.63. The first-order valence-corrected chi connectivity index (χ1v) is 12.7. The van der Waals surface area contributed by atoms with Gasteiger partial charge in [0.15, 0.2) is 0 Å². The van der Waals surface area contributed by atoms with Crippen LogP contribution in [0.1, 0.15) is 11.1 Å². The zero-order valence-corrected chi connectivity index (χ0v) is 21.1. The van der Waals surface area contributed by atoms with E-state index in [0.29, 0.717) is 0 Å². The third kappa shape index (κ3) is 4.52. The van der Waals surface area contributed by atoms with Gasteiger partial charge in [0.25, 0.3) is 0 Å². The highest BCUT2D eigenvalue weighted by molar-refractivity contribution is 5.97. The number of rotatable bonds is 6. The SMILES string of the molecule is C=C(c1ccc(-c2cccc3ccccc23)cc1)N(C)Cc1ccc(-c2cccc3ccccc23)cc1. The van der Waals surface area contributed by atoms with E-state index in [1.807, 2.05) is 0 Å². The van der Waals surface area contributed by atoms with Gasteiger partial charge in [-0.1, -0.05) is 140 Å². The van der Waals surface area contributed by atoms with Crippen LogP contribution in [0.3, 0.4) is 0 Å². The zero-order valence-electron chi connectivity index (χ0n) is 21.1. The fraction of sp³-hybridized carbons (Fsp3) is 0.0556. The maximum Gasteiger partial charge on any atom is 0.0426 e. The van der Waals surface area contributed by atoms with Gasteiger partial charge in [-0.15, -0.1) is 0 Å². The minimum atomic E-state index is 0.805. The van der Waals surface area contributed by atoms with E-state index < -0.39 is 0 Å². The molecule has 0 N–H and O–H groups in total. The van der Waals surface area contributed by atoms with Crippen LogP contribution in [0.2, 0.25) is 0 Å². The Bertz CT molecular complexity index is 1700. The molecule has 6 aromatic carbocycles. The number of fused-ring (bicyclic) bond motifs is 2. The Balaban J connectivity index is 1.18. The Hall–Kier alpha value is -4.62. The molecular formula is C36H29N. The van der Waals surface area contributed by atoms with E-state index in [2.05, 4.69) is 152 Å². The van der Waals surface area contributed by atoms with Crippen molar-refractivity contribution in [2.24, 2.45) is 0 Å². The standard InChI is InChI=1S/C36H29N/c1-26(28-21-23-32(24-22-28)36-16-8-12-30-10-4-6-14-34(30)36)37(2)25-27-17-19-31(20-18-27)35-15-7-11-29-9-3-5-13-33(29)35/h3-24H,1,25H2,2H3. The summed E-state index contributed by atoms with van der Waals surface area (Å²) in [6.45, 7) is 5.20. The van der Waals surface area contributed by atoms with Crippen LogP contribution in [-0.2, 0) is 6.54 Å². The maximum atomic E-state index is 4.40. The molecule has 0 bridgehead atoms. The lowest BCUT2D eigenvalue weighted by molar-refractivity contribution is 0.476. The normalized spacial score (nSPS) is 11.1. The molecule has 0 saturated carbocycles. The van der Waals surface area contributed by atoms with Crippen LogP contribution in [0.4, 0.5) is 0 Å². The molecule has 37 heavy (non-hydrogen) atoms. The molecule has 0 unspecified atom stereocenters. The van der Waals surface area contributed by atoms with Crippen LogP contribution >= 0.6 is 0 Å². The summed E-state index contributed by atoms with van der Waals surface area (Å²) in [5.74, 6) is 0. The predicted molar refractivity (Wildman–Crippen MR) is 159 cm³/mol. The van der Waals surface area contributed by atoms with E-state index in [0.717, 1.165) is 17.8 Å². The highest BCUT2D eigenvalue weighted by Crippen LogP contribution is 2.31. The first-order valence-electron chi connectivity index (χ1n) is 12.7. The van der Waals surface area contributed by atoms with E-state index in [-0.39, 0.29) is 0 Å². The van der Waals surface area contributed by atoms with Crippen molar-refractivity contribution in [1.29, 1.82) is 0 Å². The van der Waals surface area contributed by atoms with Crippen LogP contribution in [0.15, 0.2) is 140 Å². The van der Waals surface area contributed by atoms with Crippen LogP contribution in [0.5, 0.6) is 0 Å². The molecule has 0 amide bonds. The Morgan fingerprint density at radius 1 is 0.541 bits per heavy atom. The summed E-state index contributed by atoms with van der Waals surface area (Å²) in [5, 5.41) is 5.10. The second-order valence-electron chi connectivity index (χ2n) is 9.63. The molecule has 0 saturated heterocycles. The first-order chi connectivity index (χ1) is 18.2. The average molecular weight is 476 g/mol. The molecule has 0 aliphatic carbocycles. The molecule has 1 heteroatoms. The van der Waals surface area contributed by atoms with Gasteiger partial charge in [-0.3, -0.25) is 0 Å². The van der Waals surface area contributed by atoms with Gasteiger partial charge in [-0.05, 0) is 54.9 Å². The molecule has 0 atom stereocenters. The van der Waals surface area contributed by atoms with Gasteiger partial charge < -0.3 is 4.90 Å². The molecule has 1 nitrogen and oxygen atoms in total. The summed E-state index contributed by atoms with van der Waals surface area (Å²) in [5.41, 5.74) is 8.41. The lowest BCUT2D eigenvalue weighted by atomic mass is 9.97. The molecule has 0 aromatic heterocycles. The Kier molecular flexibility index (Phi) is 6.04. The van der Waals surface area contributed by atoms with Gasteiger partial charge in [0.1, 0.15) is 0 Å². The third-order valence-electron chi connectivity index (χ3n) is 7.25. The van der Waals surface area contributed by atoms with E-state index in [4.69, 9.17) is 0 Å². The lowest BCUT2D eigenvalue weighted by Gasteiger charge is -2.22. The molecule has 0 aliphatic rings. The maximum absolute atomic E-state index is 4.40. The van der Waals surface area contributed by atoms with Crippen molar-refractivity contribution in [3.05, 3.63) is 151 Å². The molecule has 6 rings (SSSR count). The smallest absolute Gasteiger partial charge is 0.0426 e. The molecule has 0 aliphatic heterocycles. The van der Waals surface area contributed by atoms with E-state index in [1.54, 1.807) is 0 Å². The molecule has 0 heterocycles. The van der Waals surface area contributed by atoms with Crippen molar-refractivity contribution in [1.82, 2.24) is 4.90 Å². The third-order valence-corrected chi connectivity index (χ3v) is 7.25. The molecule has 178 valence electrons. The summed E-state index contributed by atoms with van der Waals surface area (Å²) in [4.78, 5) is 2.22. The number of hydrogen-bond acceptors (Lipinski definition) is 1. The van der Waals surface area contributed by atoms with Gasteiger partial charge in [0.2, 0.25) is 0 Å². The quantitative estimate of drug-likeness (QED) is 0.232. The highest BCUT2D eigenvalue weighted by atomic mass is 15.1. The molecular weight excluding hydrogens is 446 g/mol. The Labute approximate surface area is 218 Å². The van der Waals surface area contributed by atoms with Crippen LogP contribution in [-0.4, -0.2) is 11.9 Å². The summed E-state index contributed by atoms with van der Waals surface area (Å²) in [6, 6.07) is 47.8. The summed E-state index contributed by atoms with van der Waals surface area (Å²) >= 11 is 0. The second kappa shape index (κ2) is 9.79. The largest absolute Gasteiger partial charge is 0.370 e. The van der Waals surface area contributed by atoms with Crippen LogP contribution < -0.4 is 0 Å². The van der Waals surface area contributed by atoms with Crippen molar-refractivity contribution in [3.63, 3.8) is 0 Å². The Morgan fingerprint density at radius 3 is 1.54 bits per heavy atom. The van der Waals surface area contributed by atoms with Gasteiger partial charge >= 0.3 is 0 Å². The van der Waals surface area contributed by atoms with Crippen molar-refractivity contribution in [2.45, 2.75) is 6.54 Å². The average Bonchev–Trinajstić information content (AvgIpc) is 2.97. The number of nitrogens with zero attached hydrogens (tertiary/aromatic N) is 1. The fourth-order valence-corrected chi connectivity index (χ4v) is 5.18. The van der Waals surface area contributed by atoms with Crippen molar-refractivity contribution >= 4 is 27.2 Å². The van der Waals surface area contributed by atoms with Crippen molar-refractivity contribution in [2.75, 3.05) is 7.05 Å². The highest BCUT2D eigenvalue weighted by Gasteiger charge is 2.09. The minimum Gasteiger partial charge on any atom is -0.370 e. The molecule has 0 spiro atoms. The monoisotopic (exact) mass is 475 g/mol. The molecule has 0 fully saturated rings. The summed E-state index contributed by atoms with van der Waals surface area (Å²) in [7, 11) is 2.11. The van der Waals surface area contributed by atoms with E-state index >= 15 is 0 Å². The predicted octanol–water partition coefficient (Wildman–Crippen LogP) is 9.43. The Morgan fingerprint density at radius 2 is 1.00 bits per heavy atom. The molecule has 0 radical (unpaired) electrons. The van der Waals surface area contributed by atoms with Gasteiger partial charge in [0, 0.05) is 19.3 Å². The van der Waals surface area contributed by atoms with Gasteiger partial charge in [-0.25, -0.2) is 0 Å². The van der Waals surface area contributed by atoms with Gasteiger partial charge in [0.05, 0.1) is 0 Å². The van der Waals surface area contributed by atoms with Gasteiger partial charge in [-0.2, -0.15) is 0 Å².